The zero-order valence-corrected chi connectivity index (χ0v) is 14.3. The maximum absolute atomic E-state index is 12.3. The molecule has 4 nitrogen and oxygen atoms in total. The summed E-state index contributed by atoms with van der Waals surface area (Å²) in [5, 5.41) is 3.60. The largest absolute Gasteiger partial charge is 0.497 e. The van der Waals surface area contributed by atoms with Gasteiger partial charge in [0.1, 0.15) is 5.75 Å². The van der Waals surface area contributed by atoms with Crippen LogP contribution in [0.25, 0.3) is 0 Å². The van der Waals surface area contributed by atoms with Crippen LogP contribution in [0, 0.1) is 0 Å². The number of hydrogen-bond acceptors (Lipinski definition) is 2. The number of ether oxygens (including phenoxy) is 1. The summed E-state index contributed by atoms with van der Waals surface area (Å²) in [6.07, 6.45) is 0. The van der Waals surface area contributed by atoms with E-state index < -0.39 is 0 Å². The second kappa shape index (κ2) is 7.88. The summed E-state index contributed by atoms with van der Waals surface area (Å²) in [5.74, 6) is 0.777. The van der Waals surface area contributed by atoms with Crippen LogP contribution in [-0.4, -0.2) is 25.1 Å². The van der Waals surface area contributed by atoms with Crippen molar-refractivity contribution in [1.29, 1.82) is 0 Å². The molecule has 0 radical (unpaired) electrons. The standard InChI is InChI=1S/C18H21ClN2O2/c1-13(15-7-9-16(19)10-8-15)21(2)18(22)20-12-14-5-4-6-17(11-14)23-3/h4-11,13H,12H2,1-3H3,(H,20,22). The fraction of sp³-hybridized carbons (Fsp3) is 0.278. The lowest BCUT2D eigenvalue weighted by atomic mass is 10.1. The maximum Gasteiger partial charge on any atom is 0.317 e. The van der Waals surface area contributed by atoms with Crippen molar-refractivity contribution in [2.24, 2.45) is 0 Å². The van der Waals surface area contributed by atoms with E-state index in [4.69, 9.17) is 16.3 Å². The van der Waals surface area contributed by atoms with Crippen molar-refractivity contribution in [3.63, 3.8) is 0 Å². The van der Waals surface area contributed by atoms with Crippen LogP contribution in [-0.2, 0) is 6.54 Å². The van der Waals surface area contributed by atoms with E-state index in [1.807, 2.05) is 55.5 Å². The highest BCUT2D eigenvalue weighted by molar-refractivity contribution is 6.30. The number of amides is 2. The lowest BCUT2D eigenvalue weighted by Gasteiger charge is -2.25. The molecule has 0 aliphatic carbocycles. The van der Waals surface area contributed by atoms with Gasteiger partial charge in [0.2, 0.25) is 0 Å². The Labute approximate surface area is 142 Å². The fourth-order valence-electron chi connectivity index (χ4n) is 2.23. The predicted octanol–water partition coefficient (Wildman–Crippen LogP) is 4.25. The van der Waals surface area contributed by atoms with Gasteiger partial charge in [-0.15, -0.1) is 0 Å². The van der Waals surface area contributed by atoms with E-state index in [2.05, 4.69) is 5.32 Å². The van der Waals surface area contributed by atoms with Gasteiger partial charge in [-0.05, 0) is 42.3 Å². The molecule has 0 aliphatic rings. The number of rotatable bonds is 5. The second-order valence-corrected chi connectivity index (χ2v) is 5.79. The molecule has 0 fully saturated rings. The predicted molar refractivity (Wildman–Crippen MR) is 92.9 cm³/mol. The van der Waals surface area contributed by atoms with Gasteiger partial charge in [0.05, 0.1) is 13.2 Å². The van der Waals surface area contributed by atoms with Crippen LogP contribution >= 0.6 is 11.6 Å². The first-order chi connectivity index (χ1) is 11.0. The van der Waals surface area contributed by atoms with Gasteiger partial charge in [-0.3, -0.25) is 0 Å². The Bertz CT molecular complexity index is 658. The third-order valence-electron chi connectivity index (χ3n) is 3.83. The number of methoxy groups -OCH3 is 1. The number of urea groups is 1. The average molecular weight is 333 g/mol. The molecular weight excluding hydrogens is 312 g/mol. The number of halogens is 1. The van der Waals surface area contributed by atoms with Gasteiger partial charge in [-0.25, -0.2) is 4.79 Å². The van der Waals surface area contributed by atoms with Crippen LogP contribution in [0.4, 0.5) is 4.79 Å². The summed E-state index contributed by atoms with van der Waals surface area (Å²) >= 11 is 5.90. The minimum absolute atomic E-state index is 0.0439. The molecule has 1 atom stereocenters. The molecule has 1 unspecified atom stereocenters. The number of carbonyl (C=O) groups excluding carboxylic acids is 1. The molecule has 0 saturated heterocycles. The van der Waals surface area contributed by atoms with Crippen LogP contribution in [0.15, 0.2) is 48.5 Å². The third-order valence-corrected chi connectivity index (χ3v) is 4.08. The summed E-state index contributed by atoms with van der Waals surface area (Å²) < 4.78 is 5.18. The second-order valence-electron chi connectivity index (χ2n) is 5.35. The van der Waals surface area contributed by atoms with E-state index in [9.17, 15) is 4.79 Å². The van der Waals surface area contributed by atoms with E-state index in [1.54, 1.807) is 19.1 Å². The summed E-state index contributed by atoms with van der Waals surface area (Å²) in [5.41, 5.74) is 2.03. The van der Waals surface area contributed by atoms with Crippen LogP contribution in [0.1, 0.15) is 24.1 Å². The Balaban J connectivity index is 1.95. The van der Waals surface area contributed by atoms with Crippen molar-refractivity contribution < 1.29 is 9.53 Å². The van der Waals surface area contributed by atoms with E-state index in [0.717, 1.165) is 16.9 Å². The number of nitrogens with zero attached hydrogens (tertiary/aromatic N) is 1. The molecule has 5 heteroatoms. The minimum atomic E-state index is -0.129. The Morgan fingerprint density at radius 1 is 1.26 bits per heavy atom. The number of benzene rings is 2. The quantitative estimate of drug-likeness (QED) is 0.889. The van der Waals surface area contributed by atoms with Gasteiger partial charge >= 0.3 is 6.03 Å². The summed E-state index contributed by atoms with van der Waals surface area (Å²) in [4.78, 5) is 14.0. The van der Waals surface area contributed by atoms with E-state index in [1.165, 1.54) is 0 Å². The molecule has 2 rings (SSSR count). The summed E-state index contributed by atoms with van der Waals surface area (Å²) in [6, 6.07) is 15.0. The Hall–Kier alpha value is -2.20. The van der Waals surface area contributed by atoms with Gasteiger partial charge in [-0.1, -0.05) is 35.9 Å². The van der Waals surface area contributed by atoms with Crippen molar-refractivity contribution >= 4 is 17.6 Å². The van der Waals surface area contributed by atoms with Crippen LogP contribution in [0.5, 0.6) is 5.75 Å². The van der Waals surface area contributed by atoms with Crippen LogP contribution in [0.3, 0.4) is 0 Å². The highest BCUT2D eigenvalue weighted by Gasteiger charge is 2.17. The van der Waals surface area contributed by atoms with Gasteiger partial charge < -0.3 is 15.0 Å². The molecule has 122 valence electrons. The number of carbonyl (C=O) groups is 1. The van der Waals surface area contributed by atoms with Crippen molar-refractivity contribution in [1.82, 2.24) is 10.2 Å². The SMILES string of the molecule is COc1cccc(CNC(=O)N(C)C(C)c2ccc(Cl)cc2)c1. The van der Waals surface area contributed by atoms with Gasteiger partial charge in [0, 0.05) is 18.6 Å². The third kappa shape index (κ3) is 4.63. The van der Waals surface area contributed by atoms with Crippen LogP contribution in [0.2, 0.25) is 5.02 Å². The Kier molecular flexibility index (Phi) is 5.88. The first-order valence-electron chi connectivity index (χ1n) is 7.40. The maximum atomic E-state index is 12.3. The first kappa shape index (κ1) is 17.2. The molecule has 0 heterocycles. The normalized spacial score (nSPS) is 11.7. The zero-order valence-electron chi connectivity index (χ0n) is 13.5. The molecule has 2 aromatic rings. The molecule has 1 N–H and O–H groups in total. The summed E-state index contributed by atoms with van der Waals surface area (Å²) in [7, 11) is 3.40. The molecule has 23 heavy (non-hydrogen) atoms. The molecular formula is C18H21ClN2O2. The highest BCUT2D eigenvalue weighted by Crippen LogP contribution is 2.21. The van der Waals surface area contributed by atoms with Gasteiger partial charge in [-0.2, -0.15) is 0 Å². The first-order valence-corrected chi connectivity index (χ1v) is 7.78. The molecule has 0 aromatic heterocycles. The molecule has 0 bridgehead atoms. The minimum Gasteiger partial charge on any atom is -0.497 e. The molecule has 0 spiro atoms. The number of nitrogens with one attached hydrogen (secondary N) is 1. The molecule has 0 aliphatic heterocycles. The van der Waals surface area contributed by atoms with E-state index >= 15 is 0 Å². The lowest BCUT2D eigenvalue weighted by Crippen LogP contribution is -2.38. The molecule has 0 saturated carbocycles. The van der Waals surface area contributed by atoms with Crippen molar-refractivity contribution in [3.05, 3.63) is 64.7 Å². The molecule has 2 amide bonds. The van der Waals surface area contributed by atoms with Crippen molar-refractivity contribution in [2.75, 3.05) is 14.2 Å². The smallest absolute Gasteiger partial charge is 0.317 e. The van der Waals surface area contributed by atoms with Gasteiger partial charge in [0.25, 0.3) is 0 Å². The highest BCUT2D eigenvalue weighted by atomic mass is 35.5. The van der Waals surface area contributed by atoms with Crippen molar-refractivity contribution in [3.8, 4) is 5.75 Å². The fourth-order valence-corrected chi connectivity index (χ4v) is 2.35. The van der Waals surface area contributed by atoms with Gasteiger partial charge in [0.15, 0.2) is 0 Å². The number of hydrogen-bond donors (Lipinski definition) is 1. The topological polar surface area (TPSA) is 41.6 Å². The lowest BCUT2D eigenvalue weighted by molar-refractivity contribution is 0.194. The zero-order chi connectivity index (χ0) is 16.8. The van der Waals surface area contributed by atoms with Crippen LogP contribution < -0.4 is 10.1 Å². The monoisotopic (exact) mass is 332 g/mol. The average Bonchev–Trinajstić information content (AvgIpc) is 2.59. The Morgan fingerprint density at radius 3 is 2.61 bits per heavy atom. The van der Waals surface area contributed by atoms with E-state index in [-0.39, 0.29) is 12.1 Å². The van der Waals surface area contributed by atoms with E-state index in [0.29, 0.717) is 11.6 Å². The molecule has 2 aromatic carbocycles. The Morgan fingerprint density at radius 2 is 1.96 bits per heavy atom. The van der Waals surface area contributed by atoms with Crippen molar-refractivity contribution in [2.45, 2.75) is 19.5 Å². The summed E-state index contributed by atoms with van der Waals surface area (Å²) in [6.45, 7) is 2.43.